The molecule has 4 heteroatoms. The van der Waals surface area contributed by atoms with Crippen molar-refractivity contribution in [2.75, 3.05) is 6.61 Å². The Morgan fingerprint density at radius 1 is 1.48 bits per heavy atom. The fourth-order valence-corrected chi connectivity index (χ4v) is 2.68. The minimum Gasteiger partial charge on any atom is -0.395 e. The maximum Gasteiger partial charge on any atom is 0.252 e. The number of aliphatic hydroxyl groups is 1. The predicted octanol–water partition coefficient (Wildman–Crippen LogP) is 2.12. The van der Waals surface area contributed by atoms with Crippen LogP contribution < -0.4 is 5.32 Å². The van der Waals surface area contributed by atoms with Crippen LogP contribution in [-0.2, 0) is 0 Å². The van der Waals surface area contributed by atoms with Crippen molar-refractivity contribution in [1.29, 1.82) is 0 Å². The molecule has 0 spiro atoms. The van der Waals surface area contributed by atoms with E-state index in [0.29, 0.717) is 23.5 Å². The van der Waals surface area contributed by atoms with Gasteiger partial charge in [-0.2, -0.15) is 0 Å². The second-order valence-electron chi connectivity index (χ2n) is 5.54. The first-order valence-corrected chi connectivity index (χ1v) is 7.57. The minimum atomic E-state index is -0.0792. The van der Waals surface area contributed by atoms with Crippen LogP contribution in [0.5, 0.6) is 0 Å². The van der Waals surface area contributed by atoms with Crippen LogP contribution in [0.25, 0.3) is 0 Å². The summed E-state index contributed by atoms with van der Waals surface area (Å²) in [5.74, 6) is 6.19. The summed E-state index contributed by atoms with van der Waals surface area (Å²) in [6.45, 7) is 2.22. The number of hydrogen-bond acceptors (Lipinski definition) is 3. The smallest absolute Gasteiger partial charge is 0.252 e. The minimum absolute atomic E-state index is 0.0222. The molecule has 1 aliphatic carbocycles. The molecule has 2 unspecified atom stereocenters. The Balaban J connectivity index is 2.10. The van der Waals surface area contributed by atoms with Gasteiger partial charge in [0.25, 0.3) is 5.91 Å². The van der Waals surface area contributed by atoms with Crippen molar-refractivity contribution >= 4 is 5.91 Å². The van der Waals surface area contributed by atoms with E-state index in [0.717, 1.165) is 6.42 Å². The highest BCUT2D eigenvalue weighted by atomic mass is 16.2. The summed E-state index contributed by atoms with van der Waals surface area (Å²) in [7, 11) is 0. The zero-order valence-electron chi connectivity index (χ0n) is 12.4. The van der Waals surface area contributed by atoms with Gasteiger partial charge >= 0.3 is 0 Å². The monoisotopic (exact) mass is 286 g/mol. The molecule has 2 atom stereocenters. The van der Waals surface area contributed by atoms with E-state index in [-0.39, 0.29) is 18.6 Å². The van der Waals surface area contributed by atoms with E-state index in [1.807, 2.05) is 0 Å². The maximum absolute atomic E-state index is 12.5. The third-order valence-corrected chi connectivity index (χ3v) is 3.95. The molecule has 112 valence electrons. The van der Waals surface area contributed by atoms with Gasteiger partial charge in [0.15, 0.2) is 0 Å². The normalized spacial score (nSPS) is 21.2. The van der Waals surface area contributed by atoms with Gasteiger partial charge in [0.05, 0.1) is 17.7 Å². The molecule has 1 aromatic heterocycles. The molecule has 1 aliphatic rings. The van der Waals surface area contributed by atoms with Crippen molar-refractivity contribution in [3.63, 3.8) is 0 Å². The molecule has 0 bridgehead atoms. The van der Waals surface area contributed by atoms with Crippen LogP contribution in [0.2, 0.25) is 0 Å². The zero-order chi connectivity index (χ0) is 15.1. The number of hydrogen-bond donors (Lipinski definition) is 2. The molecule has 0 aliphatic heterocycles. The molecule has 0 radical (unpaired) electrons. The average Bonchev–Trinajstić information content (AvgIpc) is 2.50. The second-order valence-corrected chi connectivity index (χ2v) is 5.54. The van der Waals surface area contributed by atoms with Crippen LogP contribution in [0.15, 0.2) is 18.5 Å². The molecule has 2 rings (SSSR count). The molecule has 1 aromatic rings. The van der Waals surface area contributed by atoms with Gasteiger partial charge in [0, 0.05) is 24.9 Å². The number of aromatic nitrogens is 1. The van der Waals surface area contributed by atoms with Gasteiger partial charge in [-0.1, -0.05) is 31.6 Å². The van der Waals surface area contributed by atoms with Crippen LogP contribution in [-0.4, -0.2) is 28.6 Å². The molecule has 1 amide bonds. The number of carbonyl (C=O) groups excluding carboxylic acids is 1. The Hall–Kier alpha value is -1.86. The fraction of sp³-hybridized carbons (Fsp3) is 0.529. The summed E-state index contributed by atoms with van der Waals surface area (Å²) in [5.41, 5.74) is 1.18. The summed E-state index contributed by atoms with van der Waals surface area (Å²) in [5, 5.41) is 11.9. The van der Waals surface area contributed by atoms with Gasteiger partial charge in [0.1, 0.15) is 0 Å². The highest BCUT2D eigenvalue weighted by molar-refractivity contribution is 5.96. The Labute approximate surface area is 126 Å². The third kappa shape index (κ3) is 4.30. The largest absolute Gasteiger partial charge is 0.395 e. The highest BCUT2D eigenvalue weighted by Crippen LogP contribution is 2.24. The van der Waals surface area contributed by atoms with Crippen LogP contribution in [0.4, 0.5) is 0 Å². The molecule has 1 saturated carbocycles. The first-order chi connectivity index (χ1) is 10.2. The lowest BCUT2D eigenvalue weighted by atomic mass is 9.86. The number of carbonyl (C=O) groups is 1. The van der Waals surface area contributed by atoms with Crippen molar-refractivity contribution in [2.24, 2.45) is 5.92 Å². The van der Waals surface area contributed by atoms with Gasteiger partial charge in [-0.25, -0.2) is 0 Å². The van der Waals surface area contributed by atoms with Crippen molar-refractivity contribution in [3.8, 4) is 11.8 Å². The Kier molecular flexibility index (Phi) is 5.77. The highest BCUT2D eigenvalue weighted by Gasteiger charge is 2.23. The lowest BCUT2D eigenvalue weighted by Crippen LogP contribution is -2.41. The summed E-state index contributed by atoms with van der Waals surface area (Å²) in [6.07, 6.45) is 8.25. The molecule has 2 N–H and O–H groups in total. The Morgan fingerprint density at radius 3 is 3.05 bits per heavy atom. The van der Waals surface area contributed by atoms with E-state index in [1.54, 1.807) is 18.5 Å². The van der Waals surface area contributed by atoms with Crippen LogP contribution in [0.1, 0.15) is 54.9 Å². The first-order valence-electron chi connectivity index (χ1n) is 7.57. The van der Waals surface area contributed by atoms with Gasteiger partial charge < -0.3 is 10.4 Å². The number of nitrogens with one attached hydrogen (secondary N) is 1. The van der Waals surface area contributed by atoms with Gasteiger partial charge in [-0.15, -0.1) is 0 Å². The number of aliphatic hydroxyl groups excluding tert-OH is 1. The fourth-order valence-electron chi connectivity index (χ4n) is 2.68. The molecular formula is C17H22N2O2. The topological polar surface area (TPSA) is 62.2 Å². The number of pyridine rings is 1. The van der Waals surface area contributed by atoms with E-state index < -0.39 is 0 Å². The van der Waals surface area contributed by atoms with Gasteiger partial charge in [-0.05, 0) is 24.8 Å². The molecule has 1 heterocycles. The number of amides is 1. The number of nitrogens with zero attached hydrogens (tertiary/aromatic N) is 1. The SMILES string of the molecule is CC1CCCCC1NC(=O)c1ccncc1C#CCCO. The standard InChI is InChI=1S/C17H22N2O2/c1-13-6-2-3-8-16(13)19-17(21)15-9-10-18-12-14(15)7-4-5-11-20/h9-10,12-13,16,20H,2-3,5-6,8,11H2,1H3,(H,19,21). The lowest BCUT2D eigenvalue weighted by molar-refractivity contribution is 0.0910. The van der Waals surface area contributed by atoms with E-state index in [9.17, 15) is 4.79 Å². The van der Waals surface area contributed by atoms with Crippen molar-refractivity contribution in [2.45, 2.75) is 45.1 Å². The quantitative estimate of drug-likeness (QED) is 0.837. The Morgan fingerprint density at radius 2 is 2.29 bits per heavy atom. The summed E-state index contributed by atoms with van der Waals surface area (Å²) >= 11 is 0. The maximum atomic E-state index is 12.5. The first kappa shape index (κ1) is 15.5. The van der Waals surface area contributed by atoms with Crippen molar-refractivity contribution in [3.05, 3.63) is 29.6 Å². The molecule has 21 heavy (non-hydrogen) atoms. The van der Waals surface area contributed by atoms with E-state index in [2.05, 4.69) is 29.1 Å². The van der Waals surface area contributed by atoms with Crippen molar-refractivity contribution in [1.82, 2.24) is 10.3 Å². The third-order valence-electron chi connectivity index (χ3n) is 3.95. The average molecular weight is 286 g/mol. The molecular weight excluding hydrogens is 264 g/mol. The molecule has 4 nitrogen and oxygen atoms in total. The van der Waals surface area contributed by atoms with Crippen molar-refractivity contribution < 1.29 is 9.90 Å². The predicted molar refractivity (Wildman–Crippen MR) is 81.7 cm³/mol. The lowest BCUT2D eigenvalue weighted by Gasteiger charge is -2.29. The van der Waals surface area contributed by atoms with E-state index >= 15 is 0 Å². The molecule has 0 saturated heterocycles. The van der Waals surface area contributed by atoms with Crippen LogP contribution in [0.3, 0.4) is 0 Å². The van der Waals surface area contributed by atoms with Gasteiger partial charge in [0.2, 0.25) is 0 Å². The van der Waals surface area contributed by atoms with E-state index in [1.165, 1.54) is 19.3 Å². The Bertz CT molecular complexity index is 545. The van der Waals surface area contributed by atoms with Gasteiger partial charge in [-0.3, -0.25) is 9.78 Å². The zero-order valence-corrected chi connectivity index (χ0v) is 12.4. The number of rotatable bonds is 3. The van der Waals surface area contributed by atoms with E-state index in [4.69, 9.17) is 5.11 Å². The summed E-state index contributed by atoms with van der Waals surface area (Å²) in [4.78, 5) is 16.5. The summed E-state index contributed by atoms with van der Waals surface area (Å²) < 4.78 is 0. The summed E-state index contributed by atoms with van der Waals surface area (Å²) in [6, 6.07) is 1.95. The van der Waals surface area contributed by atoms with Crippen LogP contribution >= 0.6 is 0 Å². The van der Waals surface area contributed by atoms with Crippen LogP contribution in [0, 0.1) is 17.8 Å². The molecule has 1 fully saturated rings. The molecule has 0 aromatic carbocycles. The second kappa shape index (κ2) is 7.80.